The second kappa shape index (κ2) is 7.63. The molecule has 0 radical (unpaired) electrons. The second-order valence-electron chi connectivity index (χ2n) is 6.86. The molecular formula is C21H20N4O3S. The van der Waals surface area contributed by atoms with Crippen LogP contribution in [0.3, 0.4) is 0 Å². The number of hydrogen-bond acceptors (Lipinski definition) is 7. The number of aromatic nitrogens is 3. The number of anilines is 1. The molecule has 7 nitrogen and oxygen atoms in total. The fraction of sp³-hybridized carbons (Fsp3) is 0.190. The summed E-state index contributed by atoms with van der Waals surface area (Å²) in [5.74, 6) is 1.17. The summed E-state index contributed by atoms with van der Waals surface area (Å²) >= 11 is 0. The zero-order valence-corrected chi connectivity index (χ0v) is 16.9. The van der Waals surface area contributed by atoms with Gasteiger partial charge in [-0.25, -0.2) is 23.4 Å². The number of rotatable bonds is 6. The molecule has 0 saturated carbocycles. The Kier molecular flexibility index (Phi) is 5.02. The first-order valence-electron chi connectivity index (χ1n) is 9.10. The summed E-state index contributed by atoms with van der Waals surface area (Å²) in [6.45, 7) is 2.60. The highest BCUT2D eigenvalue weighted by molar-refractivity contribution is 7.90. The first-order valence-corrected chi connectivity index (χ1v) is 11.0. The van der Waals surface area contributed by atoms with Crippen molar-refractivity contribution in [1.29, 1.82) is 0 Å². The van der Waals surface area contributed by atoms with Crippen molar-refractivity contribution in [2.24, 2.45) is 0 Å². The van der Waals surface area contributed by atoms with E-state index in [2.05, 4.69) is 20.3 Å². The molecule has 0 aliphatic carbocycles. The molecule has 0 fully saturated rings. The number of nitrogens with one attached hydrogen (secondary N) is 1. The molecule has 4 rings (SSSR count). The molecule has 8 heteroatoms. The number of sulfone groups is 1. The Morgan fingerprint density at radius 1 is 1.07 bits per heavy atom. The lowest BCUT2D eigenvalue weighted by Crippen LogP contribution is -2.07. The molecule has 4 aromatic rings. The highest BCUT2D eigenvalue weighted by Crippen LogP contribution is 2.23. The van der Waals surface area contributed by atoms with Crippen LogP contribution < -0.4 is 5.32 Å². The summed E-state index contributed by atoms with van der Waals surface area (Å²) in [6, 6.07) is 12.8. The standard InChI is InChI=1S/C21H20N4O3S/c1-14-3-5-15(6-4-14)21-25-16(12-28-21)9-10-22-20-18-11-17(29(2,26)27)7-8-19(18)23-13-24-20/h3-8,11-13H,9-10H2,1-2H3,(H,22,23,24). The van der Waals surface area contributed by atoms with Gasteiger partial charge in [-0.2, -0.15) is 0 Å². The molecule has 1 N–H and O–H groups in total. The van der Waals surface area contributed by atoms with Crippen LogP contribution in [0.2, 0.25) is 0 Å². The average Bonchev–Trinajstić information content (AvgIpc) is 3.16. The number of benzene rings is 2. The average molecular weight is 408 g/mol. The minimum absolute atomic E-state index is 0.238. The fourth-order valence-corrected chi connectivity index (χ4v) is 3.61. The van der Waals surface area contributed by atoms with Crippen molar-refractivity contribution < 1.29 is 12.8 Å². The molecule has 0 atom stereocenters. The SMILES string of the molecule is Cc1ccc(-c2nc(CCNc3ncnc4ccc(S(C)(=O)=O)cc34)co2)cc1. The van der Waals surface area contributed by atoms with Crippen LogP contribution in [-0.4, -0.2) is 36.2 Å². The Morgan fingerprint density at radius 3 is 2.62 bits per heavy atom. The smallest absolute Gasteiger partial charge is 0.226 e. The van der Waals surface area contributed by atoms with Crippen LogP contribution in [-0.2, 0) is 16.3 Å². The van der Waals surface area contributed by atoms with Crippen LogP contribution >= 0.6 is 0 Å². The van der Waals surface area contributed by atoms with E-state index in [1.807, 2.05) is 31.2 Å². The van der Waals surface area contributed by atoms with Gasteiger partial charge < -0.3 is 9.73 Å². The van der Waals surface area contributed by atoms with E-state index in [4.69, 9.17) is 4.42 Å². The summed E-state index contributed by atoms with van der Waals surface area (Å²) in [5, 5.41) is 3.91. The van der Waals surface area contributed by atoms with E-state index in [9.17, 15) is 8.42 Å². The highest BCUT2D eigenvalue weighted by atomic mass is 32.2. The minimum Gasteiger partial charge on any atom is -0.444 e. The van der Waals surface area contributed by atoms with Gasteiger partial charge in [0.1, 0.15) is 18.4 Å². The molecule has 0 unspecified atom stereocenters. The van der Waals surface area contributed by atoms with Gasteiger partial charge in [-0.05, 0) is 37.3 Å². The van der Waals surface area contributed by atoms with Gasteiger partial charge in [0.15, 0.2) is 9.84 Å². The van der Waals surface area contributed by atoms with Crippen LogP contribution in [0.1, 0.15) is 11.3 Å². The number of fused-ring (bicyclic) bond motifs is 1. The van der Waals surface area contributed by atoms with Crippen LogP contribution in [0, 0.1) is 6.92 Å². The zero-order chi connectivity index (χ0) is 20.4. The third-order valence-corrected chi connectivity index (χ3v) is 5.67. The Balaban J connectivity index is 1.48. The van der Waals surface area contributed by atoms with E-state index in [-0.39, 0.29) is 4.90 Å². The Morgan fingerprint density at radius 2 is 1.86 bits per heavy atom. The number of oxazole rings is 1. The molecule has 2 heterocycles. The molecule has 0 aliphatic rings. The first kappa shape index (κ1) is 19.1. The van der Waals surface area contributed by atoms with Gasteiger partial charge in [-0.15, -0.1) is 0 Å². The van der Waals surface area contributed by atoms with Crippen LogP contribution in [0.4, 0.5) is 5.82 Å². The topological polar surface area (TPSA) is 98.0 Å². The number of hydrogen-bond donors (Lipinski definition) is 1. The van der Waals surface area contributed by atoms with E-state index >= 15 is 0 Å². The number of nitrogens with zero attached hydrogens (tertiary/aromatic N) is 3. The molecule has 0 bridgehead atoms. The van der Waals surface area contributed by atoms with Crippen LogP contribution in [0.15, 0.2) is 64.4 Å². The van der Waals surface area contributed by atoms with Gasteiger partial charge >= 0.3 is 0 Å². The van der Waals surface area contributed by atoms with Gasteiger partial charge in [-0.3, -0.25) is 0 Å². The largest absolute Gasteiger partial charge is 0.444 e. The molecule has 0 spiro atoms. The van der Waals surface area contributed by atoms with Crippen molar-refractivity contribution in [2.75, 3.05) is 18.1 Å². The predicted molar refractivity (Wildman–Crippen MR) is 112 cm³/mol. The van der Waals surface area contributed by atoms with Crippen molar-refractivity contribution in [3.63, 3.8) is 0 Å². The maximum absolute atomic E-state index is 11.8. The molecule has 29 heavy (non-hydrogen) atoms. The van der Waals surface area contributed by atoms with E-state index in [0.29, 0.717) is 35.6 Å². The lowest BCUT2D eigenvalue weighted by Gasteiger charge is -2.08. The molecule has 0 saturated heterocycles. The Bertz CT molecular complexity index is 1260. The molecule has 148 valence electrons. The Labute approximate surface area is 168 Å². The third kappa shape index (κ3) is 4.27. The fourth-order valence-electron chi connectivity index (χ4n) is 2.97. The maximum Gasteiger partial charge on any atom is 0.226 e. The summed E-state index contributed by atoms with van der Waals surface area (Å²) in [7, 11) is -3.31. The quantitative estimate of drug-likeness (QED) is 0.520. The van der Waals surface area contributed by atoms with Crippen molar-refractivity contribution in [3.05, 3.63) is 66.3 Å². The van der Waals surface area contributed by atoms with Gasteiger partial charge in [0.25, 0.3) is 0 Å². The van der Waals surface area contributed by atoms with E-state index in [0.717, 1.165) is 11.3 Å². The molecule has 0 amide bonds. The monoisotopic (exact) mass is 408 g/mol. The second-order valence-corrected chi connectivity index (χ2v) is 8.88. The predicted octanol–water partition coefficient (Wildman–Crippen LogP) is 3.65. The summed E-state index contributed by atoms with van der Waals surface area (Å²) in [6.07, 6.45) is 4.92. The minimum atomic E-state index is -3.31. The molecular weight excluding hydrogens is 388 g/mol. The van der Waals surface area contributed by atoms with Crippen molar-refractivity contribution in [2.45, 2.75) is 18.2 Å². The number of aryl methyl sites for hydroxylation is 1. The van der Waals surface area contributed by atoms with E-state index < -0.39 is 9.84 Å². The highest BCUT2D eigenvalue weighted by Gasteiger charge is 2.11. The summed E-state index contributed by atoms with van der Waals surface area (Å²) in [5.41, 5.74) is 3.62. The third-order valence-electron chi connectivity index (χ3n) is 4.56. The first-order chi connectivity index (χ1) is 13.9. The van der Waals surface area contributed by atoms with Crippen LogP contribution in [0.25, 0.3) is 22.4 Å². The molecule has 2 aromatic carbocycles. The maximum atomic E-state index is 11.8. The summed E-state index contributed by atoms with van der Waals surface area (Å²) < 4.78 is 29.3. The summed E-state index contributed by atoms with van der Waals surface area (Å²) in [4.78, 5) is 13.2. The van der Waals surface area contributed by atoms with Gasteiger partial charge in [0.05, 0.1) is 16.1 Å². The van der Waals surface area contributed by atoms with Gasteiger partial charge in [0.2, 0.25) is 5.89 Å². The lowest BCUT2D eigenvalue weighted by atomic mass is 10.1. The van der Waals surface area contributed by atoms with Gasteiger partial charge in [-0.1, -0.05) is 17.7 Å². The van der Waals surface area contributed by atoms with Crippen molar-refractivity contribution >= 4 is 26.6 Å². The lowest BCUT2D eigenvalue weighted by molar-refractivity contribution is 0.572. The van der Waals surface area contributed by atoms with Crippen LogP contribution in [0.5, 0.6) is 0 Å². The van der Waals surface area contributed by atoms with Gasteiger partial charge in [0, 0.05) is 30.2 Å². The normalized spacial score (nSPS) is 11.7. The Hall–Kier alpha value is -3.26. The molecule has 0 aliphatic heterocycles. The van der Waals surface area contributed by atoms with E-state index in [1.54, 1.807) is 24.5 Å². The van der Waals surface area contributed by atoms with E-state index in [1.165, 1.54) is 18.1 Å². The molecule has 2 aromatic heterocycles. The zero-order valence-electron chi connectivity index (χ0n) is 16.1. The van der Waals surface area contributed by atoms with Crippen molar-refractivity contribution in [3.8, 4) is 11.5 Å². The van der Waals surface area contributed by atoms with Crippen molar-refractivity contribution in [1.82, 2.24) is 15.0 Å².